The molecule has 0 radical (unpaired) electrons. The third-order valence-corrected chi connectivity index (χ3v) is 6.56. The van der Waals surface area contributed by atoms with Crippen LogP contribution in [0.5, 0.6) is 23.0 Å². The van der Waals surface area contributed by atoms with Gasteiger partial charge < -0.3 is 23.7 Å². The van der Waals surface area contributed by atoms with Crippen LogP contribution in [-0.4, -0.2) is 75.9 Å². The molecule has 0 N–H and O–H groups in total. The second kappa shape index (κ2) is 9.66. The summed E-state index contributed by atoms with van der Waals surface area (Å²) < 4.78 is 28.4. The summed E-state index contributed by atoms with van der Waals surface area (Å²) in [4.78, 5) is 17.9. The van der Waals surface area contributed by atoms with Crippen LogP contribution >= 0.6 is 0 Å². The van der Waals surface area contributed by atoms with Crippen LogP contribution in [0, 0.1) is 6.92 Å². The molecule has 5 rings (SSSR count). The Morgan fingerprint density at radius 2 is 1.82 bits per heavy atom. The highest BCUT2D eigenvalue weighted by molar-refractivity contribution is 6.15. The van der Waals surface area contributed by atoms with E-state index in [1.165, 1.54) is 0 Å². The van der Waals surface area contributed by atoms with Gasteiger partial charge in [-0.2, -0.15) is 0 Å². The maximum atomic E-state index is 13.3. The van der Waals surface area contributed by atoms with Crippen LogP contribution in [-0.2, 0) is 11.3 Å². The molecule has 0 atom stereocenters. The molecule has 1 saturated heterocycles. The maximum absolute atomic E-state index is 13.3. The largest absolute Gasteiger partial charge is 0.497 e. The molecule has 1 fully saturated rings. The molecule has 8 nitrogen and oxygen atoms in total. The second-order valence-electron chi connectivity index (χ2n) is 8.69. The Balaban J connectivity index is 1.36. The summed E-state index contributed by atoms with van der Waals surface area (Å²) in [6, 6.07) is 7.36. The SMILES string of the molecule is COc1ccc(OC)c(/C=C2\Oc3c(cc4c(c3C)OCN(CCN3CCOCC3)C4)C2=O)c1. The Morgan fingerprint density at radius 3 is 2.59 bits per heavy atom. The molecule has 0 bridgehead atoms. The van der Waals surface area contributed by atoms with Crippen molar-refractivity contribution in [3.8, 4) is 23.0 Å². The van der Waals surface area contributed by atoms with Crippen LogP contribution in [0.1, 0.15) is 27.0 Å². The van der Waals surface area contributed by atoms with Gasteiger partial charge in [-0.25, -0.2) is 0 Å². The van der Waals surface area contributed by atoms with Gasteiger partial charge in [0.15, 0.2) is 5.76 Å². The Labute approximate surface area is 199 Å². The van der Waals surface area contributed by atoms with Crippen LogP contribution in [0.4, 0.5) is 0 Å². The van der Waals surface area contributed by atoms with Crippen molar-refractivity contribution in [2.24, 2.45) is 0 Å². The molecule has 8 heteroatoms. The first-order valence-corrected chi connectivity index (χ1v) is 11.6. The summed E-state index contributed by atoms with van der Waals surface area (Å²) in [6.07, 6.45) is 1.71. The average molecular weight is 467 g/mol. The molecule has 0 saturated carbocycles. The number of carbonyl (C=O) groups excluding carboxylic acids is 1. The topological polar surface area (TPSA) is 69.7 Å². The lowest BCUT2D eigenvalue weighted by Gasteiger charge is -2.33. The van der Waals surface area contributed by atoms with Gasteiger partial charge in [0.05, 0.1) is 33.0 Å². The van der Waals surface area contributed by atoms with Crippen molar-refractivity contribution in [2.75, 3.05) is 60.3 Å². The van der Waals surface area contributed by atoms with Crippen molar-refractivity contribution < 1.29 is 28.5 Å². The molecule has 3 heterocycles. The molecule has 180 valence electrons. The minimum absolute atomic E-state index is 0.142. The normalized spacial score (nSPS) is 19.4. The zero-order chi connectivity index (χ0) is 23.7. The van der Waals surface area contributed by atoms with Crippen LogP contribution in [0.15, 0.2) is 30.0 Å². The number of allylic oxidation sites excluding steroid dienone is 1. The molecular weight excluding hydrogens is 436 g/mol. The fourth-order valence-electron chi connectivity index (χ4n) is 4.64. The molecule has 2 aromatic rings. The molecule has 0 aromatic heterocycles. The van der Waals surface area contributed by atoms with Gasteiger partial charge in [-0.15, -0.1) is 0 Å². The predicted molar refractivity (Wildman–Crippen MR) is 127 cm³/mol. The van der Waals surface area contributed by atoms with Crippen molar-refractivity contribution in [1.82, 2.24) is 9.80 Å². The smallest absolute Gasteiger partial charge is 0.231 e. The first-order valence-electron chi connectivity index (χ1n) is 11.6. The van der Waals surface area contributed by atoms with Crippen LogP contribution in [0.25, 0.3) is 6.08 Å². The van der Waals surface area contributed by atoms with E-state index in [-0.39, 0.29) is 11.5 Å². The van der Waals surface area contributed by atoms with Gasteiger partial charge >= 0.3 is 0 Å². The summed E-state index contributed by atoms with van der Waals surface area (Å²) in [6.45, 7) is 8.62. The number of nitrogens with zero attached hydrogens (tertiary/aromatic N) is 2. The number of Topliss-reactive ketones (excluding diaryl/α,β-unsaturated/α-hetero) is 1. The third-order valence-electron chi connectivity index (χ3n) is 6.56. The summed E-state index contributed by atoms with van der Waals surface area (Å²) in [5.74, 6) is 2.81. The molecule has 0 aliphatic carbocycles. The molecule has 0 amide bonds. The first kappa shape index (κ1) is 22.7. The maximum Gasteiger partial charge on any atom is 0.231 e. The number of rotatable bonds is 6. The minimum atomic E-state index is -0.142. The quantitative estimate of drug-likeness (QED) is 0.602. The van der Waals surface area contributed by atoms with E-state index < -0.39 is 0 Å². The minimum Gasteiger partial charge on any atom is -0.497 e. The molecule has 0 unspecified atom stereocenters. The molecular formula is C26H30N2O6. The van der Waals surface area contributed by atoms with E-state index in [1.54, 1.807) is 26.4 Å². The number of methoxy groups -OCH3 is 2. The molecule has 2 aromatic carbocycles. The van der Waals surface area contributed by atoms with Crippen molar-refractivity contribution in [2.45, 2.75) is 13.5 Å². The number of morpholine rings is 1. The van der Waals surface area contributed by atoms with Gasteiger partial charge in [0.1, 0.15) is 29.7 Å². The van der Waals surface area contributed by atoms with Gasteiger partial charge in [0, 0.05) is 49.4 Å². The van der Waals surface area contributed by atoms with Crippen molar-refractivity contribution in [3.63, 3.8) is 0 Å². The van der Waals surface area contributed by atoms with E-state index in [2.05, 4.69) is 9.80 Å². The Bertz CT molecular complexity index is 1120. The number of ketones is 1. The van der Waals surface area contributed by atoms with Gasteiger partial charge in [0.2, 0.25) is 5.78 Å². The summed E-state index contributed by atoms with van der Waals surface area (Å²) in [5, 5.41) is 0. The highest BCUT2D eigenvalue weighted by Crippen LogP contribution is 2.43. The fourth-order valence-corrected chi connectivity index (χ4v) is 4.64. The second-order valence-corrected chi connectivity index (χ2v) is 8.69. The third kappa shape index (κ3) is 4.36. The summed E-state index contributed by atoms with van der Waals surface area (Å²) >= 11 is 0. The van der Waals surface area contributed by atoms with Gasteiger partial charge in [-0.3, -0.25) is 14.6 Å². The zero-order valence-electron chi connectivity index (χ0n) is 19.9. The van der Waals surface area contributed by atoms with E-state index >= 15 is 0 Å². The van der Waals surface area contributed by atoms with E-state index in [4.69, 9.17) is 23.7 Å². The van der Waals surface area contributed by atoms with E-state index in [9.17, 15) is 4.79 Å². The molecule has 3 aliphatic rings. The number of ether oxygens (including phenoxy) is 5. The Morgan fingerprint density at radius 1 is 1.03 bits per heavy atom. The lowest BCUT2D eigenvalue weighted by atomic mass is 10.00. The number of benzene rings is 2. The standard InChI is InChI=1S/C26H30N2O6/c1-17-25-19(15-28(16-33-25)7-6-27-8-10-32-11-9-27)13-21-24(29)23(34-26(17)21)14-18-12-20(30-2)4-5-22(18)31-3/h4-5,12-14H,6-11,15-16H2,1-3H3/b23-14-. The van der Waals surface area contributed by atoms with Gasteiger partial charge in [-0.1, -0.05) is 0 Å². The fraction of sp³-hybridized carbons (Fsp3) is 0.423. The Kier molecular flexibility index (Phi) is 6.45. The van der Waals surface area contributed by atoms with Crippen LogP contribution in [0.3, 0.4) is 0 Å². The van der Waals surface area contributed by atoms with Crippen LogP contribution < -0.4 is 18.9 Å². The number of carbonyl (C=O) groups is 1. The van der Waals surface area contributed by atoms with Crippen molar-refractivity contribution in [3.05, 3.63) is 52.3 Å². The number of fused-ring (bicyclic) bond motifs is 2. The van der Waals surface area contributed by atoms with Gasteiger partial charge in [0.25, 0.3) is 0 Å². The molecule has 34 heavy (non-hydrogen) atoms. The first-order chi connectivity index (χ1) is 16.6. The lowest BCUT2D eigenvalue weighted by molar-refractivity contribution is 0.0239. The predicted octanol–water partition coefficient (Wildman–Crippen LogP) is 3.11. The molecule has 3 aliphatic heterocycles. The van der Waals surface area contributed by atoms with E-state index in [0.717, 1.165) is 62.8 Å². The average Bonchev–Trinajstić information content (AvgIpc) is 3.18. The van der Waals surface area contributed by atoms with E-state index in [1.807, 2.05) is 25.1 Å². The molecule has 0 spiro atoms. The number of hydrogen-bond acceptors (Lipinski definition) is 8. The lowest BCUT2D eigenvalue weighted by Crippen LogP contribution is -2.43. The van der Waals surface area contributed by atoms with Crippen molar-refractivity contribution in [1.29, 1.82) is 0 Å². The highest BCUT2D eigenvalue weighted by Gasteiger charge is 2.34. The van der Waals surface area contributed by atoms with E-state index in [0.29, 0.717) is 35.1 Å². The highest BCUT2D eigenvalue weighted by atomic mass is 16.5. The number of hydrogen-bond donors (Lipinski definition) is 0. The Hall–Kier alpha value is -3.07. The monoisotopic (exact) mass is 466 g/mol. The van der Waals surface area contributed by atoms with Crippen molar-refractivity contribution >= 4 is 11.9 Å². The van der Waals surface area contributed by atoms with Crippen LogP contribution in [0.2, 0.25) is 0 Å². The van der Waals surface area contributed by atoms with Gasteiger partial charge in [-0.05, 0) is 37.3 Å². The summed E-state index contributed by atoms with van der Waals surface area (Å²) in [5.41, 5.74) is 3.16. The summed E-state index contributed by atoms with van der Waals surface area (Å²) in [7, 11) is 3.19. The zero-order valence-corrected chi connectivity index (χ0v) is 19.9.